The topological polar surface area (TPSA) is 97.6 Å². The van der Waals surface area contributed by atoms with Gasteiger partial charge < -0.3 is 15.0 Å². The lowest BCUT2D eigenvalue weighted by Crippen LogP contribution is -2.35. The van der Waals surface area contributed by atoms with Crippen molar-refractivity contribution in [1.82, 2.24) is 15.2 Å². The van der Waals surface area contributed by atoms with Crippen molar-refractivity contribution < 1.29 is 14.5 Å². The number of likely N-dealkylation sites (tertiary alicyclic amines) is 1. The van der Waals surface area contributed by atoms with Gasteiger partial charge in [-0.25, -0.2) is 0 Å². The van der Waals surface area contributed by atoms with E-state index >= 15 is 0 Å². The number of nitro groups is 1. The molecular weight excluding hydrogens is 444 g/mol. The molecule has 8 nitrogen and oxygen atoms in total. The van der Waals surface area contributed by atoms with Crippen LogP contribution in [0.3, 0.4) is 0 Å². The molecular formula is C27H30N4O4. The Balaban J connectivity index is 0.000000514. The van der Waals surface area contributed by atoms with Crippen LogP contribution < -0.4 is 10.1 Å². The van der Waals surface area contributed by atoms with Gasteiger partial charge in [0.1, 0.15) is 0 Å². The quantitative estimate of drug-likeness (QED) is 0.405. The number of hydrogen-bond acceptors (Lipinski definition) is 6. The summed E-state index contributed by atoms with van der Waals surface area (Å²) in [4.78, 5) is 30.6. The molecule has 0 spiro atoms. The van der Waals surface area contributed by atoms with Crippen LogP contribution in [-0.4, -0.2) is 48.0 Å². The number of nitrogens with one attached hydrogen (secondary N) is 1. The third-order valence-electron chi connectivity index (χ3n) is 6.64. The van der Waals surface area contributed by atoms with Gasteiger partial charge in [0, 0.05) is 29.3 Å². The number of carbonyl (C=O) groups is 1. The Kier molecular flexibility index (Phi) is 6.84. The maximum absolute atomic E-state index is 13.2. The zero-order chi connectivity index (χ0) is 25.2. The zero-order valence-electron chi connectivity index (χ0n) is 20.3. The zero-order valence-corrected chi connectivity index (χ0v) is 20.3. The molecule has 1 aliphatic heterocycles. The molecule has 0 atom stereocenters. The molecule has 2 aliphatic rings. The van der Waals surface area contributed by atoms with Gasteiger partial charge in [0.05, 0.1) is 23.1 Å². The van der Waals surface area contributed by atoms with Gasteiger partial charge in [-0.2, -0.15) is 0 Å². The van der Waals surface area contributed by atoms with Crippen molar-refractivity contribution in [2.24, 2.45) is 0 Å². The Hall–Kier alpha value is -3.78. The molecule has 2 fully saturated rings. The molecule has 5 rings (SSSR count). The second-order valence-electron chi connectivity index (χ2n) is 9.13. The monoisotopic (exact) mass is 474 g/mol. The predicted molar refractivity (Wildman–Crippen MR) is 137 cm³/mol. The molecule has 0 radical (unpaired) electrons. The standard InChI is InChI=1S/C23H21N3O4.C4H9N/c1-4-15-11-18(16-6-5-9-24-19(16)12-15)23(7-8-23)25-22(27)17-13-21(30-3)20(26(28)29)10-14(17)2;1-5-3-2-4-5/h4-6,9-13H,1,7-8H2,2-3H3,(H,25,27);2-4H2,1H3. The summed E-state index contributed by atoms with van der Waals surface area (Å²) in [6, 6.07) is 10.7. The van der Waals surface area contributed by atoms with Crippen LogP contribution in [0.4, 0.5) is 5.69 Å². The molecule has 2 heterocycles. The Bertz CT molecular complexity index is 1300. The number of nitro benzene ring substituents is 1. The Labute approximate surface area is 204 Å². The summed E-state index contributed by atoms with van der Waals surface area (Å²) in [6.07, 6.45) is 6.51. The van der Waals surface area contributed by atoms with Crippen LogP contribution in [-0.2, 0) is 5.54 Å². The molecule has 1 aromatic heterocycles. The van der Waals surface area contributed by atoms with E-state index in [9.17, 15) is 14.9 Å². The molecule has 8 heteroatoms. The lowest BCUT2D eigenvalue weighted by atomic mass is 9.95. The van der Waals surface area contributed by atoms with Crippen molar-refractivity contribution in [2.45, 2.75) is 31.7 Å². The van der Waals surface area contributed by atoms with E-state index in [2.05, 4.69) is 28.8 Å². The first-order valence-corrected chi connectivity index (χ1v) is 11.6. The van der Waals surface area contributed by atoms with Crippen LogP contribution in [0, 0.1) is 17.0 Å². The van der Waals surface area contributed by atoms with Crippen LogP contribution in [0.2, 0.25) is 0 Å². The fourth-order valence-electron chi connectivity index (χ4n) is 4.29. The Morgan fingerprint density at radius 1 is 1.29 bits per heavy atom. The molecule has 1 amide bonds. The second kappa shape index (κ2) is 9.84. The molecule has 35 heavy (non-hydrogen) atoms. The van der Waals surface area contributed by atoms with Crippen molar-refractivity contribution in [3.8, 4) is 5.75 Å². The third kappa shape index (κ3) is 5.02. The van der Waals surface area contributed by atoms with E-state index in [0.29, 0.717) is 11.1 Å². The van der Waals surface area contributed by atoms with Gasteiger partial charge >= 0.3 is 5.69 Å². The molecule has 1 N–H and O–H groups in total. The lowest BCUT2D eigenvalue weighted by molar-refractivity contribution is -0.385. The van der Waals surface area contributed by atoms with E-state index in [4.69, 9.17) is 4.74 Å². The molecule has 1 saturated heterocycles. The number of hydrogen-bond donors (Lipinski definition) is 1. The van der Waals surface area contributed by atoms with Gasteiger partial charge in [-0.15, -0.1) is 0 Å². The number of carbonyl (C=O) groups excluding carboxylic acids is 1. The number of ether oxygens (including phenoxy) is 1. The van der Waals surface area contributed by atoms with E-state index in [1.807, 2.05) is 24.3 Å². The summed E-state index contributed by atoms with van der Waals surface area (Å²) in [7, 11) is 3.49. The van der Waals surface area contributed by atoms with Gasteiger partial charge in [0.15, 0.2) is 5.75 Å². The number of fused-ring (bicyclic) bond motifs is 1. The molecule has 0 bridgehead atoms. The minimum atomic E-state index is -0.518. The summed E-state index contributed by atoms with van der Waals surface area (Å²) >= 11 is 0. The number of methoxy groups -OCH3 is 1. The largest absolute Gasteiger partial charge is 0.490 e. The van der Waals surface area contributed by atoms with Crippen LogP contribution in [0.15, 0.2) is 49.2 Å². The average molecular weight is 475 g/mol. The van der Waals surface area contributed by atoms with Crippen LogP contribution in [0.1, 0.15) is 46.3 Å². The molecule has 1 saturated carbocycles. The van der Waals surface area contributed by atoms with E-state index in [-0.39, 0.29) is 17.3 Å². The highest BCUT2D eigenvalue weighted by Crippen LogP contribution is 2.48. The number of aromatic nitrogens is 1. The number of rotatable bonds is 6. The molecule has 182 valence electrons. The summed E-state index contributed by atoms with van der Waals surface area (Å²) in [5.41, 5.74) is 2.99. The minimum Gasteiger partial charge on any atom is -0.490 e. The van der Waals surface area contributed by atoms with Gasteiger partial charge in [-0.05, 0) is 81.2 Å². The van der Waals surface area contributed by atoms with E-state index < -0.39 is 10.5 Å². The van der Waals surface area contributed by atoms with Gasteiger partial charge in [-0.1, -0.05) is 18.7 Å². The van der Waals surface area contributed by atoms with Crippen LogP contribution in [0.5, 0.6) is 5.75 Å². The predicted octanol–water partition coefficient (Wildman–Crippen LogP) is 4.84. The highest BCUT2D eigenvalue weighted by molar-refractivity contribution is 5.98. The third-order valence-corrected chi connectivity index (χ3v) is 6.64. The molecule has 2 aromatic carbocycles. The van der Waals surface area contributed by atoms with Crippen molar-refractivity contribution in [2.75, 3.05) is 27.2 Å². The van der Waals surface area contributed by atoms with Crippen LogP contribution >= 0.6 is 0 Å². The highest BCUT2D eigenvalue weighted by Gasteiger charge is 2.47. The molecule has 3 aromatic rings. The number of benzene rings is 2. The Morgan fingerprint density at radius 2 is 2.00 bits per heavy atom. The summed E-state index contributed by atoms with van der Waals surface area (Å²) in [6.45, 7) is 8.18. The smallest absolute Gasteiger partial charge is 0.311 e. The minimum absolute atomic E-state index is 0.0592. The normalized spacial score (nSPS) is 15.9. The van der Waals surface area contributed by atoms with E-state index in [1.165, 1.54) is 38.8 Å². The molecule has 1 aliphatic carbocycles. The maximum atomic E-state index is 13.2. The van der Waals surface area contributed by atoms with E-state index in [1.54, 1.807) is 19.2 Å². The number of pyridine rings is 1. The summed E-state index contributed by atoms with van der Waals surface area (Å²) in [5.74, 6) is -0.233. The molecule has 0 unspecified atom stereocenters. The van der Waals surface area contributed by atoms with Gasteiger partial charge in [-0.3, -0.25) is 19.9 Å². The van der Waals surface area contributed by atoms with Gasteiger partial charge in [0.25, 0.3) is 5.91 Å². The first-order valence-electron chi connectivity index (χ1n) is 11.6. The number of amides is 1. The fraction of sp³-hybridized carbons (Fsp3) is 0.333. The van der Waals surface area contributed by atoms with Crippen molar-refractivity contribution in [3.63, 3.8) is 0 Å². The van der Waals surface area contributed by atoms with Crippen molar-refractivity contribution in [3.05, 3.63) is 81.5 Å². The Morgan fingerprint density at radius 3 is 2.54 bits per heavy atom. The lowest BCUT2D eigenvalue weighted by Gasteiger charge is -2.24. The SMILES string of the molecule is C=Cc1cc(C2(NC(=O)c3cc(OC)c([N+](=O)[O-])cc3C)CC2)c2cccnc2c1.CN1CCC1. The summed E-state index contributed by atoms with van der Waals surface area (Å²) < 4.78 is 5.13. The van der Waals surface area contributed by atoms with Crippen molar-refractivity contribution in [1.29, 1.82) is 0 Å². The highest BCUT2D eigenvalue weighted by atomic mass is 16.6. The van der Waals surface area contributed by atoms with Crippen LogP contribution in [0.25, 0.3) is 17.0 Å². The number of aryl methyl sites for hydroxylation is 1. The second-order valence-corrected chi connectivity index (χ2v) is 9.13. The first-order chi connectivity index (χ1) is 16.8. The number of nitrogens with zero attached hydrogens (tertiary/aromatic N) is 3. The van der Waals surface area contributed by atoms with Gasteiger partial charge in [0.2, 0.25) is 0 Å². The van der Waals surface area contributed by atoms with Crippen molar-refractivity contribution >= 4 is 28.6 Å². The fourth-order valence-corrected chi connectivity index (χ4v) is 4.29. The summed E-state index contributed by atoms with van der Waals surface area (Å²) in [5, 5.41) is 15.4. The average Bonchev–Trinajstić information content (AvgIpc) is 3.62. The first kappa shape index (κ1) is 24.3. The maximum Gasteiger partial charge on any atom is 0.311 e. The van der Waals surface area contributed by atoms with E-state index in [0.717, 1.165) is 34.9 Å².